The molecule has 0 radical (unpaired) electrons. The van der Waals surface area contributed by atoms with Crippen LogP contribution in [-0.4, -0.2) is 12.5 Å². The van der Waals surface area contributed by atoms with Gasteiger partial charge in [0, 0.05) is 15.8 Å². The van der Waals surface area contributed by atoms with Crippen LogP contribution in [0.4, 0.5) is 0 Å². The fourth-order valence-electron chi connectivity index (χ4n) is 1.50. The van der Waals surface area contributed by atoms with Crippen molar-refractivity contribution in [2.45, 2.75) is 38.6 Å². The fraction of sp³-hybridized carbons (Fsp3) is 0.583. The molecule has 0 saturated carbocycles. The summed E-state index contributed by atoms with van der Waals surface area (Å²) < 4.78 is 1.07. The van der Waals surface area contributed by atoms with Gasteiger partial charge in [0.05, 0.1) is 6.54 Å². The van der Waals surface area contributed by atoms with Crippen molar-refractivity contribution in [2.24, 2.45) is 5.73 Å². The highest BCUT2D eigenvalue weighted by Gasteiger charge is 2.04. The normalized spacial score (nSPS) is 10.5. The molecule has 5 heteroatoms. The van der Waals surface area contributed by atoms with Gasteiger partial charge in [-0.15, -0.1) is 11.3 Å². The Balaban J connectivity index is 2.07. The van der Waals surface area contributed by atoms with E-state index < -0.39 is 0 Å². The van der Waals surface area contributed by atoms with Gasteiger partial charge in [0.1, 0.15) is 0 Å². The number of nitrogens with one attached hydrogen (secondary N) is 1. The monoisotopic (exact) mass is 318 g/mol. The van der Waals surface area contributed by atoms with Gasteiger partial charge in [-0.1, -0.05) is 12.8 Å². The van der Waals surface area contributed by atoms with E-state index in [0.29, 0.717) is 13.0 Å². The molecule has 0 saturated heterocycles. The molecule has 96 valence electrons. The molecule has 0 unspecified atom stereocenters. The predicted octanol–water partition coefficient (Wildman–Crippen LogP) is 3.04. The summed E-state index contributed by atoms with van der Waals surface area (Å²) in [6.07, 6.45) is 4.85. The summed E-state index contributed by atoms with van der Waals surface area (Å²) in [5.74, 6) is 0.137. The molecule has 0 aliphatic rings. The standard InChI is InChI=1S/C12H19BrN2OS/c13-10-6-8-17-11(10)9-15-12(16)5-3-1-2-4-7-14/h6,8H,1-5,7,9,14H2,(H,15,16). The minimum absolute atomic E-state index is 0.137. The van der Waals surface area contributed by atoms with Crippen molar-refractivity contribution >= 4 is 33.2 Å². The number of halogens is 1. The summed E-state index contributed by atoms with van der Waals surface area (Å²) in [7, 11) is 0. The third-order valence-electron chi connectivity index (χ3n) is 2.50. The summed E-state index contributed by atoms with van der Waals surface area (Å²) in [4.78, 5) is 12.7. The Kier molecular flexibility index (Phi) is 7.48. The van der Waals surface area contributed by atoms with Gasteiger partial charge in [0.15, 0.2) is 0 Å². The fourth-order valence-corrected chi connectivity index (χ4v) is 2.93. The third kappa shape index (κ3) is 6.19. The zero-order valence-electron chi connectivity index (χ0n) is 9.88. The van der Waals surface area contributed by atoms with Gasteiger partial charge >= 0.3 is 0 Å². The van der Waals surface area contributed by atoms with E-state index >= 15 is 0 Å². The molecular formula is C12H19BrN2OS. The lowest BCUT2D eigenvalue weighted by Gasteiger charge is -2.04. The lowest BCUT2D eigenvalue weighted by molar-refractivity contribution is -0.121. The van der Waals surface area contributed by atoms with Crippen molar-refractivity contribution in [2.75, 3.05) is 6.54 Å². The molecule has 3 N–H and O–H groups in total. The maximum absolute atomic E-state index is 11.5. The number of carbonyl (C=O) groups is 1. The molecule has 17 heavy (non-hydrogen) atoms. The molecule has 0 bridgehead atoms. The first-order valence-electron chi connectivity index (χ1n) is 5.92. The number of unbranched alkanes of at least 4 members (excludes halogenated alkanes) is 3. The Labute approximate surface area is 115 Å². The van der Waals surface area contributed by atoms with Crippen LogP contribution in [0.25, 0.3) is 0 Å². The van der Waals surface area contributed by atoms with E-state index in [2.05, 4.69) is 21.2 Å². The SMILES string of the molecule is NCCCCCCC(=O)NCc1sccc1Br. The minimum Gasteiger partial charge on any atom is -0.351 e. The lowest BCUT2D eigenvalue weighted by Crippen LogP contribution is -2.21. The van der Waals surface area contributed by atoms with Gasteiger partial charge in [0.2, 0.25) is 5.91 Å². The Morgan fingerprint density at radius 3 is 2.76 bits per heavy atom. The van der Waals surface area contributed by atoms with E-state index in [0.717, 1.165) is 36.7 Å². The molecule has 0 spiro atoms. The first kappa shape index (κ1) is 14.7. The molecular weight excluding hydrogens is 300 g/mol. The predicted molar refractivity (Wildman–Crippen MR) is 76.0 cm³/mol. The molecule has 0 aliphatic heterocycles. The number of carbonyl (C=O) groups excluding carboxylic acids is 1. The van der Waals surface area contributed by atoms with Crippen LogP contribution in [0, 0.1) is 0 Å². The van der Waals surface area contributed by atoms with E-state index in [9.17, 15) is 4.79 Å². The second kappa shape index (κ2) is 8.66. The van der Waals surface area contributed by atoms with Gasteiger partial charge in [-0.2, -0.15) is 0 Å². The molecule has 1 rings (SSSR count). The van der Waals surface area contributed by atoms with Crippen molar-refractivity contribution in [3.8, 4) is 0 Å². The van der Waals surface area contributed by atoms with E-state index in [4.69, 9.17) is 5.73 Å². The molecule has 1 aromatic heterocycles. The van der Waals surface area contributed by atoms with Crippen molar-refractivity contribution in [1.29, 1.82) is 0 Å². The second-order valence-electron chi connectivity index (χ2n) is 3.92. The topological polar surface area (TPSA) is 55.1 Å². The first-order chi connectivity index (χ1) is 8.24. The zero-order valence-corrected chi connectivity index (χ0v) is 12.3. The highest BCUT2D eigenvalue weighted by atomic mass is 79.9. The number of hydrogen-bond donors (Lipinski definition) is 2. The number of nitrogens with two attached hydrogens (primary N) is 1. The first-order valence-corrected chi connectivity index (χ1v) is 7.60. The summed E-state index contributed by atoms with van der Waals surface area (Å²) in [5, 5.41) is 4.95. The summed E-state index contributed by atoms with van der Waals surface area (Å²) in [6.45, 7) is 1.37. The van der Waals surface area contributed by atoms with Crippen LogP contribution in [0.5, 0.6) is 0 Å². The summed E-state index contributed by atoms with van der Waals surface area (Å²) in [6, 6.07) is 2.00. The Morgan fingerprint density at radius 2 is 2.12 bits per heavy atom. The molecule has 1 aromatic rings. The zero-order chi connectivity index (χ0) is 12.5. The van der Waals surface area contributed by atoms with Gasteiger partial charge < -0.3 is 11.1 Å². The highest BCUT2D eigenvalue weighted by molar-refractivity contribution is 9.10. The number of hydrogen-bond acceptors (Lipinski definition) is 3. The highest BCUT2D eigenvalue weighted by Crippen LogP contribution is 2.22. The second-order valence-corrected chi connectivity index (χ2v) is 5.78. The molecule has 1 amide bonds. The van der Waals surface area contributed by atoms with Crippen molar-refractivity contribution < 1.29 is 4.79 Å². The largest absolute Gasteiger partial charge is 0.351 e. The number of rotatable bonds is 8. The van der Waals surface area contributed by atoms with Crippen LogP contribution in [0.3, 0.4) is 0 Å². The average molecular weight is 319 g/mol. The van der Waals surface area contributed by atoms with Crippen molar-refractivity contribution in [3.63, 3.8) is 0 Å². The summed E-state index contributed by atoms with van der Waals surface area (Å²) >= 11 is 5.10. The summed E-state index contributed by atoms with van der Waals surface area (Å²) in [5.41, 5.74) is 5.40. The average Bonchev–Trinajstić information content (AvgIpc) is 2.72. The van der Waals surface area contributed by atoms with Crippen molar-refractivity contribution in [3.05, 3.63) is 20.8 Å². The van der Waals surface area contributed by atoms with Gasteiger partial charge in [0.25, 0.3) is 0 Å². The minimum atomic E-state index is 0.137. The Bertz CT molecular complexity index is 341. The van der Waals surface area contributed by atoms with Gasteiger partial charge in [-0.05, 0) is 46.8 Å². The molecule has 0 aromatic carbocycles. The maximum atomic E-state index is 11.5. The van der Waals surface area contributed by atoms with Crippen molar-refractivity contribution in [1.82, 2.24) is 5.32 Å². The molecule has 0 atom stereocenters. The van der Waals surface area contributed by atoms with Crippen LogP contribution >= 0.6 is 27.3 Å². The molecule has 0 aliphatic carbocycles. The van der Waals surface area contributed by atoms with Crippen LogP contribution in [0.2, 0.25) is 0 Å². The molecule has 0 fully saturated rings. The van der Waals surface area contributed by atoms with E-state index in [1.165, 1.54) is 4.88 Å². The van der Waals surface area contributed by atoms with Crippen LogP contribution < -0.4 is 11.1 Å². The Morgan fingerprint density at radius 1 is 1.35 bits per heavy atom. The Hall–Kier alpha value is -0.390. The maximum Gasteiger partial charge on any atom is 0.220 e. The number of amides is 1. The smallest absolute Gasteiger partial charge is 0.220 e. The van der Waals surface area contributed by atoms with E-state index in [1.54, 1.807) is 11.3 Å². The molecule has 1 heterocycles. The van der Waals surface area contributed by atoms with Crippen LogP contribution in [0.15, 0.2) is 15.9 Å². The number of thiophene rings is 1. The van der Waals surface area contributed by atoms with E-state index in [-0.39, 0.29) is 5.91 Å². The van der Waals surface area contributed by atoms with Crippen LogP contribution in [-0.2, 0) is 11.3 Å². The molecule has 3 nitrogen and oxygen atoms in total. The lowest BCUT2D eigenvalue weighted by atomic mass is 10.1. The van der Waals surface area contributed by atoms with Gasteiger partial charge in [-0.3, -0.25) is 4.79 Å². The van der Waals surface area contributed by atoms with Crippen LogP contribution in [0.1, 0.15) is 37.0 Å². The third-order valence-corrected chi connectivity index (χ3v) is 4.42. The quantitative estimate of drug-likeness (QED) is 0.724. The van der Waals surface area contributed by atoms with Gasteiger partial charge in [-0.25, -0.2) is 0 Å². The van der Waals surface area contributed by atoms with E-state index in [1.807, 2.05) is 11.4 Å².